The first-order chi connectivity index (χ1) is 10.4. The highest BCUT2D eigenvalue weighted by Gasteiger charge is 2.28. The third-order valence-electron chi connectivity index (χ3n) is 3.86. The van der Waals surface area contributed by atoms with Gasteiger partial charge < -0.3 is 14.2 Å². The second kappa shape index (κ2) is 8.73. The summed E-state index contributed by atoms with van der Waals surface area (Å²) in [6.45, 7) is 6.98. The largest absolute Gasteiger partial charge is 0.464 e. The zero-order valence-corrected chi connectivity index (χ0v) is 14.3. The van der Waals surface area contributed by atoms with E-state index < -0.39 is 6.04 Å². The average Bonchev–Trinajstić information content (AvgIpc) is 2.47. The van der Waals surface area contributed by atoms with Gasteiger partial charge >= 0.3 is 5.97 Å². The average molecular weight is 308 g/mol. The Morgan fingerprint density at radius 3 is 2.55 bits per heavy atom. The Kier molecular flexibility index (Phi) is 7.32. The lowest BCUT2D eigenvalue weighted by Gasteiger charge is -2.24. The summed E-state index contributed by atoms with van der Waals surface area (Å²) in [7, 11) is 4.02. The second-order valence-electron chi connectivity index (χ2n) is 5.92. The monoisotopic (exact) mass is 308 g/mol. The molecule has 22 heavy (non-hydrogen) atoms. The van der Waals surface area contributed by atoms with E-state index in [1.54, 1.807) is 19.2 Å². The highest BCUT2D eigenvalue weighted by Crippen LogP contribution is 2.21. The second-order valence-corrected chi connectivity index (χ2v) is 5.92. The number of likely N-dealkylation sites (N-methyl/N-ethyl adjacent to an activating group) is 1. The van der Waals surface area contributed by atoms with Gasteiger partial charge in [0.25, 0.3) is 5.56 Å². The van der Waals surface area contributed by atoms with E-state index in [9.17, 15) is 9.59 Å². The number of hydrogen-bond acceptors (Lipinski definition) is 4. The van der Waals surface area contributed by atoms with E-state index in [2.05, 4.69) is 4.90 Å². The molecule has 0 spiro atoms. The molecule has 1 aromatic rings. The lowest BCUT2D eigenvalue weighted by Crippen LogP contribution is -2.34. The molecular formula is C17H28N2O3. The molecule has 1 heterocycles. The quantitative estimate of drug-likeness (QED) is 0.690. The van der Waals surface area contributed by atoms with Gasteiger partial charge in [0.1, 0.15) is 6.04 Å². The molecule has 0 saturated heterocycles. The number of nitrogens with zero attached hydrogens (tertiary/aromatic N) is 2. The summed E-state index contributed by atoms with van der Waals surface area (Å²) in [6, 6.07) is 2.82. The van der Waals surface area contributed by atoms with Crippen LogP contribution in [0.25, 0.3) is 0 Å². The topological polar surface area (TPSA) is 51.5 Å². The van der Waals surface area contributed by atoms with Crippen molar-refractivity contribution >= 4 is 5.97 Å². The molecule has 1 unspecified atom stereocenters. The maximum Gasteiger partial charge on any atom is 0.329 e. The number of ether oxygens (including phenoxy) is 1. The number of esters is 1. The number of pyridine rings is 1. The molecule has 0 N–H and O–H groups in total. The minimum atomic E-state index is -0.559. The molecule has 0 bridgehead atoms. The van der Waals surface area contributed by atoms with Crippen LogP contribution < -0.4 is 5.56 Å². The fourth-order valence-electron chi connectivity index (χ4n) is 2.34. The molecule has 0 saturated carbocycles. The summed E-state index contributed by atoms with van der Waals surface area (Å²) in [6.07, 6.45) is 3.45. The summed E-state index contributed by atoms with van der Waals surface area (Å²) in [5.74, 6) is -0.287. The SMILES string of the molecule is CCOC(=O)C([C@H](C)CC)n1cc(CCN(C)C)ccc1=O. The third-order valence-corrected chi connectivity index (χ3v) is 3.86. The van der Waals surface area contributed by atoms with E-state index in [1.165, 1.54) is 4.57 Å². The Hall–Kier alpha value is -1.62. The van der Waals surface area contributed by atoms with Crippen LogP contribution in [0.15, 0.2) is 23.1 Å². The van der Waals surface area contributed by atoms with Gasteiger partial charge in [0, 0.05) is 18.8 Å². The standard InChI is InChI=1S/C17H28N2O3/c1-6-13(3)16(17(21)22-7-2)19-12-14(8-9-15(19)20)10-11-18(4)5/h8-9,12-13,16H,6-7,10-11H2,1-5H3/t13-,16?/m1/s1. The Morgan fingerprint density at radius 1 is 1.32 bits per heavy atom. The molecule has 0 aliphatic carbocycles. The van der Waals surface area contributed by atoms with Crippen LogP contribution in [0.5, 0.6) is 0 Å². The summed E-state index contributed by atoms with van der Waals surface area (Å²) >= 11 is 0. The van der Waals surface area contributed by atoms with Gasteiger partial charge in [0.2, 0.25) is 0 Å². The van der Waals surface area contributed by atoms with Crippen molar-refractivity contribution < 1.29 is 9.53 Å². The Labute approximate surface area is 132 Å². The van der Waals surface area contributed by atoms with E-state index in [0.717, 1.165) is 24.9 Å². The molecule has 0 radical (unpaired) electrons. The van der Waals surface area contributed by atoms with Gasteiger partial charge in [-0.1, -0.05) is 26.3 Å². The van der Waals surface area contributed by atoms with Crippen LogP contribution >= 0.6 is 0 Å². The van der Waals surface area contributed by atoms with Crippen molar-refractivity contribution in [2.45, 2.75) is 39.7 Å². The maximum absolute atomic E-state index is 12.3. The molecule has 0 aliphatic rings. The first-order valence-electron chi connectivity index (χ1n) is 7.93. The number of rotatable bonds is 8. The molecule has 0 fully saturated rings. The van der Waals surface area contributed by atoms with Crippen molar-refractivity contribution in [2.24, 2.45) is 5.92 Å². The highest BCUT2D eigenvalue weighted by atomic mass is 16.5. The zero-order chi connectivity index (χ0) is 16.7. The molecule has 5 heteroatoms. The van der Waals surface area contributed by atoms with Crippen molar-refractivity contribution in [1.29, 1.82) is 0 Å². The predicted molar refractivity (Wildman–Crippen MR) is 88.1 cm³/mol. The highest BCUT2D eigenvalue weighted by molar-refractivity contribution is 5.74. The van der Waals surface area contributed by atoms with Crippen LogP contribution in [0.3, 0.4) is 0 Å². The van der Waals surface area contributed by atoms with Crippen LogP contribution in [-0.4, -0.2) is 42.7 Å². The lowest BCUT2D eigenvalue weighted by atomic mass is 9.98. The predicted octanol–water partition coefficient (Wildman–Crippen LogP) is 2.10. The molecule has 124 valence electrons. The number of carbonyl (C=O) groups is 1. The minimum Gasteiger partial charge on any atom is -0.464 e. The fraction of sp³-hybridized carbons (Fsp3) is 0.647. The molecule has 0 amide bonds. The van der Waals surface area contributed by atoms with Crippen molar-refractivity contribution in [3.8, 4) is 0 Å². The normalized spacial score (nSPS) is 13.9. The van der Waals surface area contributed by atoms with Crippen LogP contribution in [0.1, 0.15) is 38.8 Å². The van der Waals surface area contributed by atoms with Gasteiger partial charge in [-0.3, -0.25) is 4.79 Å². The molecule has 1 aromatic heterocycles. The summed E-state index contributed by atoms with van der Waals surface area (Å²) < 4.78 is 6.71. The first kappa shape index (κ1) is 18.4. The third kappa shape index (κ3) is 4.98. The smallest absolute Gasteiger partial charge is 0.329 e. The summed E-state index contributed by atoms with van der Waals surface area (Å²) in [4.78, 5) is 26.6. The van der Waals surface area contributed by atoms with Crippen molar-refractivity contribution in [2.75, 3.05) is 27.2 Å². The summed E-state index contributed by atoms with van der Waals surface area (Å²) in [5.41, 5.74) is 0.887. The van der Waals surface area contributed by atoms with Crippen LogP contribution in [0, 0.1) is 5.92 Å². The number of hydrogen-bond donors (Lipinski definition) is 0. The van der Waals surface area contributed by atoms with E-state index >= 15 is 0 Å². The van der Waals surface area contributed by atoms with Crippen molar-refractivity contribution in [1.82, 2.24) is 9.47 Å². The molecular weight excluding hydrogens is 280 g/mol. The van der Waals surface area contributed by atoms with Gasteiger partial charge in [-0.2, -0.15) is 0 Å². The van der Waals surface area contributed by atoms with Crippen LogP contribution in [0.4, 0.5) is 0 Å². The lowest BCUT2D eigenvalue weighted by molar-refractivity contribution is -0.149. The van der Waals surface area contributed by atoms with Gasteiger partial charge in [-0.05, 0) is 38.9 Å². The molecule has 1 rings (SSSR count). The van der Waals surface area contributed by atoms with Crippen LogP contribution in [-0.2, 0) is 16.0 Å². The molecule has 0 aliphatic heterocycles. The number of carbonyl (C=O) groups excluding carboxylic acids is 1. The Bertz CT molecular complexity index is 537. The van der Waals surface area contributed by atoms with Crippen LogP contribution in [0.2, 0.25) is 0 Å². The zero-order valence-electron chi connectivity index (χ0n) is 14.3. The fourth-order valence-corrected chi connectivity index (χ4v) is 2.34. The van der Waals surface area contributed by atoms with Crippen molar-refractivity contribution in [3.63, 3.8) is 0 Å². The van der Waals surface area contributed by atoms with E-state index in [-0.39, 0.29) is 17.4 Å². The van der Waals surface area contributed by atoms with Gasteiger partial charge in [-0.15, -0.1) is 0 Å². The number of aromatic nitrogens is 1. The van der Waals surface area contributed by atoms with E-state index in [0.29, 0.717) is 6.61 Å². The first-order valence-corrected chi connectivity index (χ1v) is 7.93. The molecule has 2 atom stereocenters. The van der Waals surface area contributed by atoms with Crippen molar-refractivity contribution in [3.05, 3.63) is 34.2 Å². The summed E-state index contributed by atoms with van der Waals surface area (Å²) in [5, 5.41) is 0. The molecule has 5 nitrogen and oxygen atoms in total. The molecule has 0 aromatic carbocycles. The Morgan fingerprint density at radius 2 is 2.00 bits per heavy atom. The maximum atomic E-state index is 12.3. The minimum absolute atomic E-state index is 0.0425. The van der Waals surface area contributed by atoms with Gasteiger partial charge in [0.05, 0.1) is 6.61 Å². The Balaban J connectivity index is 3.14. The van der Waals surface area contributed by atoms with Gasteiger partial charge in [-0.25, -0.2) is 4.79 Å². The van der Waals surface area contributed by atoms with E-state index in [4.69, 9.17) is 4.74 Å². The van der Waals surface area contributed by atoms with E-state index in [1.807, 2.05) is 34.0 Å². The van der Waals surface area contributed by atoms with Gasteiger partial charge in [0.15, 0.2) is 0 Å².